The molecule has 2 rings (SSSR count). The van der Waals surface area contributed by atoms with Crippen molar-refractivity contribution in [3.05, 3.63) is 64.7 Å². The Hall–Kier alpha value is 1.14. The summed E-state index contributed by atoms with van der Waals surface area (Å²) in [4.78, 5) is 0. The van der Waals surface area contributed by atoms with Gasteiger partial charge in [-0.25, -0.2) is 0 Å². The average Bonchev–Trinajstić information content (AvgIpc) is 2.35. The molecule has 0 aliphatic rings. The summed E-state index contributed by atoms with van der Waals surface area (Å²) < 4.78 is 5.41. The van der Waals surface area contributed by atoms with Crippen molar-refractivity contribution < 1.29 is 70.0 Å². The molecule has 0 amide bonds. The van der Waals surface area contributed by atoms with Gasteiger partial charge in [-0.05, 0) is 42.7 Å². The number of rotatable bonds is 4. The first-order valence-corrected chi connectivity index (χ1v) is 6.12. The van der Waals surface area contributed by atoms with Crippen LogP contribution in [-0.2, 0) is 6.42 Å². The van der Waals surface area contributed by atoms with Crippen LogP contribution in [0, 0.1) is 0 Å². The van der Waals surface area contributed by atoms with E-state index in [9.17, 15) is 0 Å². The zero-order valence-corrected chi connectivity index (χ0v) is 18.8. The van der Waals surface area contributed by atoms with Crippen LogP contribution in [0.3, 0.4) is 0 Å². The van der Waals surface area contributed by atoms with Crippen molar-refractivity contribution in [2.24, 2.45) is 0 Å². The number of hydrogen-bond acceptors (Lipinski definition) is 1. The molecule has 0 unspecified atom stereocenters. The molecule has 0 radical (unpaired) electrons. The molecule has 2 aromatic rings. The van der Waals surface area contributed by atoms with Gasteiger partial charge in [-0.15, -0.1) is 0 Å². The van der Waals surface area contributed by atoms with E-state index in [2.05, 4.69) is 18.2 Å². The van der Waals surface area contributed by atoms with Crippen molar-refractivity contribution in [1.82, 2.24) is 0 Å². The minimum Gasteiger partial charge on any atom is -1.00 e. The van der Waals surface area contributed by atoms with Gasteiger partial charge in [-0.2, -0.15) is 0 Å². The third-order valence-electron chi connectivity index (χ3n) is 2.59. The van der Waals surface area contributed by atoms with Gasteiger partial charge < -0.3 is 51.1 Å². The Kier molecular flexibility index (Phi) is 23.9. The van der Waals surface area contributed by atoms with Crippen LogP contribution in [-0.4, -0.2) is 29.7 Å². The predicted molar refractivity (Wildman–Crippen MR) is 77.6 cm³/mol. The second-order valence-electron chi connectivity index (χ2n) is 3.85. The maximum atomic E-state index is 6.13. The first-order chi connectivity index (χ1) is 8.29. The maximum absolute atomic E-state index is 6.13. The molecule has 0 bridgehead atoms. The molecule has 0 aliphatic carbocycles. The largest absolute Gasteiger partial charge is 2.00 e. The monoisotopic (exact) mass is 470 g/mol. The fourth-order valence-electron chi connectivity index (χ4n) is 1.73. The number of halogens is 4. The molecule has 2 aromatic carbocycles. The smallest absolute Gasteiger partial charge is 1.00 e. The third-order valence-corrected chi connectivity index (χ3v) is 2.96. The second kappa shape index (κ2) is 17.0. The standard InChI is InChI=1S/C15H15ClO.2BrH.ClH.Li.Mg/c1-2-17-14-9-7-12(8-10-14)11-13-5-3-4-6-15(13)16;;;;;/h3-10H,2,11H2,1H3;3*1H;;/q;;;;+1;+2/p-3. The van der Waals surface area contributed by atoms with Crippen molar-refractivity contribution in [2.45, 2.75) is 13.3 Å². The van der Waals surface area contributed by atoms with Gasteiger partial charge in [0.25, 0.3) is 0 Å². The summed E-state index contributed by atoms with van der Waals surface area (Å²) in [6.45, 7) is 2.68. The molecule has 1 nitrogen and oxygen atoms in total. The molecule has 0 aliphatic heterocycles. The molecule has 112 valence electrons. The van der Waals surface area contributed by atoms with E-state index in [1.807, 2.05) is 37.3 Å². The average molecular weight is 473 g/mol. The molecule has 0 spiro atoms. The van der Waals surface area contributed by atoms with E-state index in [0.29, 0.717) is 6.61 Å². The molecular weight excluding hydrogens is 458 g/mol. The molecule has 0 saturated heterocycles. The predicted octanol–water partition coefficient (Wildman–Crippen LogP) is -8.04. The summed E-state index contributed by atoms with van der Waals surface area (Å²) in [7, 11) is 0. The summed E-state index contributed by atoms with van der Waals surface area (Å²) in [6.07, 6.45) is 0.853. The SMILES string of the molecule is CCOc1ccc(Cc2ccccc2Cl)cc1.[Br-].[Br-].[Cl-].[Li+].[Mg+2]. The van der Waals surface area contributed by atoms with Gasteiger partial charge in [0.2, 0.25) is 0 Å². The van der Waals surface area contributed by atoms with E-state index in [0.717, 1.165) is 22.8 Å². The summed E-state index contributed by atoms with van der Waals surface area (Å²) >= 11 is 6.13. The van der Waals surface area contributed by atoms with Crippen molar-refractivity contribution in [1.29, 1.82) is 0 Å². The molecule has 0 heterocycles. The van der Waals surface area contributed by atoms with Crippen molar-refractivity contribution >= 4 is 34.7 Å². The second-order valence-corrected chi connectivity index (χ2v) is 4.25. The summed E-state index contributed by atoms with van der Waals surface area (Å²) in [5.41, 5.74) is 2.39. The summed E-state index contributed by atoms with van der Waals surface area (Å²) in [5, 5.41) is 0.821. The fourth-order valence-corrected chi connectivity index (χ4v) is 1.93. The van der Waals surface area contributed by atoms with Crippen LogP contribution in [0.5, 0.6) is 5.75 Å². The first kappa shape index (κ1) is 31.0. The van der Waals surface area contributed by atoms with E-state index < -0.39 is 0 Å². The van der Waals surface area contributed by atoms with Gasteiger partial charge in [-0.3, -0.25) is 0 Å². The minimum atomic E-state index is 0. The Balaban J connectivity index is -0.000000324. The van der Waals surface area contributed by atoms with Gasteiger partial charge >= 0.3 is 41.9 Å². The fraction of sp³-hybridized carbons (Fsp3) is 0.200. The van der Waals surface area contributed by atoms with E-state index in [1.165, 1.54) is 5.56 Å². The van der Waals surface area contributed by atoms with Crippen LogP contribution in [0.15, 0.2) is 48.5 Å². The molecule has 0 atom stereocenters. The van der Waals surface area contributed by atoms with E-state index >= 15 is 0 Å². The Morgan fingerprint density at radius 3 is 2.00 bits per heavy atom. The van der Waals surface area contributed by atoms with Gasteiger partial charge in [-0.1, -0.05) is 41.9 Å². The van der Waals surface area contributed by atoms with Crippen molar-refractivity contribution in [3.8, 4) is 5.75 Å². The van der Waals surface area contributed by atoms with E-state index in [1.54, 1.807) is 0 Å². The number of hydrogen-bond donors (Lipinski definition) is 0. The van der Waals surface area contributed by atoms with Gasteiger partial charge in [0.05, 0.1) is 6.61 Å². The summed E-state index contributed by atoms with van der Waals surface area (Å²) in [6, 6.07) is 16.1. The molecule has 7 heteroatoms. The van der Waals surface area contributed by atoms with E-state index in [4.69, 9.17) is 16.3 Å². The molecule has 0 N–H and O–H groups in total. The van der Waals surface area contributed by atoms with Crippen LogP contribution in [0.4, 0.5) is 0 Å². The molecular formula is C15H15Br2Cl2LiMgO. The summed E-state index contributed by atoms with van der Waals surface area (Å²) in [5.74, 6) is 0.912. The van der Waals surface area contributed by atoms with Crippen LogP contribution >= 0.6 is 11.6 Å². The van der Waals surface area contributed by atoms with Crippen LogP contribution in [0.1, 0.15) is 18.1 Å². The van der Waals surface area contributed by atoms with Crippen molar-refractivity contribution in [3.63, 3.8) is 0 Å². The molecule has 22 heavy (non-hydrogen) atoms. The number of ether oxygens (including phenoxy) is 1. The van der Waals surface area contributed by atoms with Crippen LogP contribution in [0.2, 0.25) is 5.02 Å². The quantitative estimate of drug-likeness (QED) is 0.402. The molecule has 0 saturated carbocycles. The Morgan fingerprint density at radius 1 is 0.955 bits per heavy atom. The first-order valence-electron chi connectivity index (χ1n) is 5.74. The zero-order valence-electron chi connectivity index (χ0n) is 12.7. The van der Waals surface area contributed by atoms with Crippen molar-refractivity contribution in [2.75, 3.05) is 6.61 Å². The molecule has 0 aromatic heterocycles. The van der Waals surface area contributed by atoms with Gasteiger partial charge in [0.15, 0.2) is 0 Å². The normalized spacial score (nSPS) is 7.91. The molecule has 0 fully saturated rings. The number of benzene rings is 2. The van der Waals surface area contributed by atoms with E-state index in [-0.39, 0.29) is 88.3 Å². The topological polar surface area (TPSA) is 9.23 Å². The Labute approximate surface area is 193 Å². The van der Waals surface area contributed by atoms with Gasteiger partial charge in [0, 0.05) is 5.02 Å². The van der Waals surface area contributed by atoms with Crippen LogP contribution < -0.4 is 70.0 Å². The maximum Gasteiger partial charge on any atom is 2.00 e. The minimum absolute atomic E-state index is 0. The third kappa shape index (κ3) is 10.1. The van der Waals surface area contributed by atoms with Gasteiger partial charge in [0.1, 0.15) is 5.75 Å². The Bertz CT molecular complexity index is 501. The Morgan fingerprint density at radius 2 is 1.50 bits per heavy atom. The van der Waals surface area contributed by atoms with Crippen LogP contribution in [0.25, 0.3) is 0 Å². The zero-order chi connectivity index (χ0) is 12.1.